The number of thioether (sulfide) groups is 1. The molecule has 7 heteroatoms. The summed E-state index contributed by atoms with van der Waals surface area (Å²) in [6, 6.07) is 0. The van der Waals surface area contributed by atoms with E-state index in [1.54, 1.807) is 0 Å². The number of aromatic nitrogens is 2. The van der Waals surface area contributed by atoms with Crippen LogP contribution >= 0.6 is 11.8 Å². The highest BCUT2D eigenvalue weighted by Crippen LogP contribution is 2.14. The highest BCUT2D eigenvalue weighted by Gasteiger charge is 2.05. The Kier molecular flexibility index (Phi) is 3.06. The van der Waals surface area contributed by atoms with Crippen LogP contribution < -0.4 is 11.5 Å². The first-order valence-electron chi connectivity index (χ1n) is 3.16. The van der Waals surface area contributed by atoms with Crippen molar-refractivity contribution >= 4 is 17.7 Å². The number of rotatable bonds is 4. The van der Waals surface area contributed by atoms with Gasteiger partial charge < -0.3 is 15.9 Å². The SMILES string of the molecule is NCc1nnc(SCC(N)=O)o1. The molecule has 0 aliphatic carbocycles. The first-order valence-corrected chi connectivity index (χ1v) is 4.14. The Morgan fingerprint density at radius 2 is 2.33 bits per heavy atom. The van der Waals surface area contributed by atoms with E-state index in [0.29, 0.717) is 11.1 Å². The van der Waals surface area contributed by atoms with Gasteiger partial charge in [-0.2, -0.15) is 0 Å². The van der Waals surface area contributed by atoms with Gasteiger partial charge in [-0.1, -0.05) is 11.8 Å². The Balaban J connectivity index is 2.47. The monoisotopic (exact) mass is 188 g/mol. The van der Waals surface area contributed by atoms with Gasteiger partial charge in [-0.15, -0.1) is 10.2 Å². The molecule has 6 nitrogen and oxygen atoms in total. The van der Waals surface area contributed by atoms with Gasteiger partial charge >= 0.3 is 0 Å². The van der Waals surface area contributed by atoms with Crippen molar-refractivity contribution in [2.45, 2.75) is 11.8 Å². The van der Waals surface area contributed by atoms with Crippen LogP contribution in [0.15, 0.2) is 9.64 Å². The molecular weight excluding hydrogens is 180 g/mol. The van der Waals surface area contributed by atoms with Gasteiger partial charge in [0.1, 0.15) is 0 Å². The zero-order valence-corrected chi connectivity index (χ0v) is 7.00. The molecule has 0 radical (unpaired) electrons. The lowest BCUT2D eigenvalue weighted by Gasteiger charge is -1.88. The van der Waals surface area contributed by atoms with E-state index in [9.17, 15) is 4.79 Å². The average Bonchev–Trinajstić information content (AvgIpc) is 2.48. The second-order valence-corrected chi connectivity index (χ2v) is 2.85. The minimum atomic E-state index is -0.424. The van der Waals surface area contributed by atoms with Crippen molar-refractivity contribution in [3.05, 3.63) is 5.89 Å². The summed E-state index contributed by atoms with van der Waals surface area (Å²) in [5.41, 5.74) is 10.1. The number of hydrogen-bond donors (Lipinski definition) is 2. The Hall–Kier alpha value is -1.08. The van der Waals surface area contributed by atoms with Gasteiger partial charge in [0.15, 0.2) is 0 Å². The quantitative estimate of drug-likeness (QED) is 0.593. The van der Waals surface area contributed by atoms with Gasteiger partial charge in [0.25, 0.3) is 5.22 Å². The Morgan fingerprint density at radius 3 is 2.83 bits per heavy atom. The fourth-order valence-corrected chi connectivity index (χ4v) is 1.03. The van der Waals surface area contributed by atoms with Crippen LogP contribution in [0.3, 0.4) is 0 Å². The maximum atomic E-state index is 10.3. The molecule has 0 aliphatic rings. The van der Waals surface area contributed by atoms with Gasteiger partial charge in [-0.25, -0.2) is 0 Å². The van der Waals surface area contributed by atoms with Gasteiger partial charge in [-0.3, -0.25) is 4.79 Å². The molecule has 0 spiro atoms. The minimum Gasteiger partial charge on any atom is -0.415 e. The lowest BCUT2D eigenvalue weighted by molar-refractivity contribution is -0.115. The second-order valence-electron chi connectivity index (χ2n) is 1.92. The normalized spacial score (nSPS) is 10.1. The summed E-state index contributed by atoms with van der Waals surface area (Å²) in [6.45, 7) is 0.199. The van der Waals surface area contributed by atoms with Crippen molar-refractivity contribution in [2.75, 3.05) is 5.75 Å². The van der Waals surface area contributed by atoms with Gasteiger partial charge in [0.05, 0.1) is 12.3 Å². The molecule has 1 rings (SSSR count). The summed E-state index contributed by atoms with van der Waals surface area (Å²) in [5, 5.41) is 7.53. The molecule has 0 saturated carbocycles. The summed E-state index contributed by atoms with van der Waals surface area (Å²) in [7, 11) is 0. The van der Waals surface area contributed by atoms with E-state index in [0.717, 1.165) is 11.8 Å². The van der Waals surface area contributed by atoms with E-state index in [4.69, 9.17) is 15.9 Å². The van der Waals surface area contributed by atoms with E-state index in [-0.39, 0.29) is 12.3 Å². The van der Waals surface area contributed by atoms with Crippen molar-refractivity contribution in [3.8, 4) is 0 Å². The molecule has 0 aliphatic heterocycles. The molecule has 0 atom stereocenters. The van der Waals surface area contributed by atoms with Crippen LogP contribution in [0.2, 0.25) is 0 Å². The molecule has 4 N–H and O–H groups in total. The standard InChI is InChI=1S/C5H8N4O2S/c6-1-4-8-9-5(11-4)12-2-3(7)10/h1-2,6H2,(H2,7,10). The summed E-state index contributed by atoms with van der Waals surface area (Å²) in [5.74, 6) is 0.0566. The third-order valence-electron chi connectivity index (χ3n) is 0.961. The number of nitrogens with two attached hydrogens (primary N) is 2. The molecule has 0 saturated heterocycles. The topological polar surface area (TPSA) is 108 Å². The number of primary amides is 1. The second kappa shape index (κ2) is 4.07. The number of nitrogens with zero attached hydrogens (tertiary/aromatic N) is 2. The zero-order valence-electron chi connectivity index (χ0n) is 6.19. The van der Waals surface area contributed by atoms with Crippen LogP contribution in [0, 0.1) is 0 Å². The molecule has 1 aromatic rings. The Labute approximate surface area is 72.7 Å². The third kappa shape index (κ3) is 2.51. The molecule has 66 valence electrons. The highest BCUT2D eigenvalue weighted by atomic mass is 32.2. The van der Waals surface area contributed by atoms with Crippen LogP contribution in [0.1, 0.15) is 5.89 Å². The number of hydrogen-bond acceptors (Lipinski definition) is 6. The predicted molar refractivity (Wildman–Crippen MR) is 42.1 cm³/mol. The number of carbonyl (C=O) groups is 1. The summed E-state index contributed by atoms with van der Waals surface area (Å²) >= 11 is 1.09. The van der Waals surface area contributed by atoms with Crippen LogP contribution in [0.5, 0.6) is 0 Å². The first-order chi connectivity index (χ1) is 5.72. The van der Waals surface area contributed by atoms with Gasteiger partial charge in [-0.05, 0) is 0 Å². The van der Waals surface area contributed by atoms with Crippen molar-refractivity contribution < 1.29 is 9.21 Å². The molecule has 0 aromatic carbocycles. The lowest BCUT2D eigenvalue weighted by atomic mass is 10.7. The Morgan fingerprint density at radius 1 is 1.58 bits per heavy atom. The van der Waals surface area contributed by atoms with E-state index >= 15 is 0 Å². The minimum absolute atomic E-state index is 0.131. The van der Waals surface area contributed by atoms with Crippen LogP contribution in [0.25, 0.3) is 0 Å². The van der Waals surface area contributed by atoms with Crippen molar-refractivity contribution in [2.24, 2.45) is 11.5 Å². The lowest BCUT2D eigenvalue weighted by Crippen LogP contribution is -2.12. The van der Waals surface area contributed by atoms with E-state index in [1.807, 2.05) is 0 Å². The first kappa shape index (κ1) is 9.01. The molecule has 1 amide bonds. The van der Waals surface area contributed by atoms with Crippen LogP contribution in [-0.2, 0) is 11.3 Å². The van der Waals surface area contributed by atoms with Gasteiger partial charge in [0.2, 0.25) is 11.8 Å². The fourth-order valence-electron chi connectivity index (χ4n) is 0.512. The number of amides is 1. The van der Waals surface area contributed by atoms with Crippen molar-refractivity contribution in [1.82, 2.24) is 10.2 Å². The number of carbonyl (C=O) groups excluding carboxylic acids is 1. The van der Waals surface area contributed by atoms with Gasteiger partial charge in [0, 0.05) is 0 Å². The maximum Gasteiger partial charge on any atom is 0.277 e. The third-order valence-corrected chi connectivity index (χ3v) is 1.80. The van der Waals surface area contributed by atoms with Crippen LogP contribution in [-0.4, -0.2) is 21.9 Å². The van der Waals surface area contributed by atoms with Crippen LogP contribution in [0.4, 0.5) is 0 Å². The molecule has 0 bridgehead atoms. The molecule has 12 heavy (non-hydrogen) atoms. The zero-order chi connectivity index (χ0) is 8.97. The molecular formula is C5H8N4O2S. The largest absolute Gasteiger partial charge is 0.415 e. The molecule has 0 unspecified atom stereocenters. The van der Waals surface area contributed by atoms with E-state index in [2.05, 4.69) is 10.2 Å². The highest BCUT2D eigenvalue weighted by molar-refractivity contribution is 7.99. The summed E-state index contributed by atoms with van der Waals surface area (Å²) in [6.07, 6.45) is 0. The van der Waals surface area contributed by atoms with E-state index < -0.39 is 5.91 Å². The molecule has 0 fully saturated rings. The maximum absolute atomic E-state index is 10.3. The predicted octanol–water partition coefficient (Wildman–Crippen LogP) is -0.894. The molecule has 1 heterocycles. The smallest absolute Gasteiger partial charge is 0.277 e. The fraction of sp³-hybridized carbons (Fsp3) is 0.400. The Bertz CT molecular complexity index is 274. The molecule has 1 aromatic heterocycles. The van der Waals surface area contributed by atoms with E-state index in [1.165, 1.54) is 0 Å². The van der Waals surface area contributed by atoms with Crippen molar-refractivity contribution in [1.29, 1.82) is 0 Å². The van der Waals surface area contributed by atoms with Crippen molar-refractivity contribution in [3.63, 3.8) is 0 Å². The summed E-state index contributed by atoms with van der Waals surface area (Å²) in [4.78, 5) is 10.3. The average molecular weight is 188 g/mol. The summed E-state index contributed by atoms with van der Waals surface area (Å²) < 4.78 is 4.99.